The van der Waals surface area contributed by atoms with E-state index in [1.165, 1.54) is 0 Å². The van der Waals surface area contributed by atoms with Crippen molar-refractivity contribution in [1.29, 1.82) is 0 Å². The summed E-state index contributed by atoms with van der Waals surface area (Å²) in [6, 6.07) is 16.3. The Morgan fingerprint density at radius 1 is 1.04 bits per heavy atom. The fourth-order valence-corrected chi connectivity index (χ4v) is 8.17. The molecule has 1 N–H and O–H groups in total. The number of aromatic carboxylic acids is 1. The fourth-order valence-electron chi connectivity index (χ4n) is 5.93. The van der Waals surface area contributed by atoms with Gasteiger partial charge in [-0.2, -0.15) is 10.2 Å². The van der Waals surface area contributed by atoms with Crippen LogP contribution in [0.5, 0.6) is 5.75 Å². The maximum atomic E-state index is 12.6. The highest BCUT2D eigenvalue weighted by molar-refractivity contribution is 7.99. The van der Waals surface area contributed by atoms with E-state index in [4.69, 9.17) is 33.0 Å². The molecule has 0 saturated carbocycles. The molecule has 8 nitrogen and oxygen atoms in total. The maximum Gasteiger partial charge on any atom is 0.352 e. The van der Waals surface area contributed by atoms with Gasteiger partial charge in [-0.3, -0.25) is 9.69 Å². The van der Waals surface area contributed by atoms with E-state index in [9.17, 15) is 9.90 Å². The van der Waals surface area contributed by atoms with Crippen molar-refractivity contribution in [3.8, 4) is 5.75 Å². The van der Waals surface area contributed by atoms with Crippen LogP contribution in [0.3, 0.4) is 0 Å². The molecule has 0 saturated heterocycles. The lowest BCUT2D eigenvalue weighted by molar-refractivity contribution is 0.0685. The summed E-state index contributed by atoms with van der Waals surface area (Å²) in [6.45, 7) is 2.34. The predicted octanol–water partition coefficient (Wildman–Crippen LogP) is 8.90. The van der Waals surface area contributed by atoms with E-state index in [-0.39, 0.29) is 5.69 Å². The van der Waals surface area contributed by atoms with Crippen LogP contribution in [-0.2, 0) is 32.0 Å². The van der Waals surface area contributed by atoms with Crippen molar-refractivity contribution in [3.05, 3.63) is 92.5 Å². The molecule has 0 fully saturated rings. The largest absolute Gasteiger partial charge is 0.493 e. The highest BCUT2D eigenvalue weighted by Crippen LogP contribution is 2.40. The molecule has 5 aromatic rings. The topological polar surface area (TPSA) is 84.9 Å². The minimum absolute atomic E-state index is 0.187. The van der Waals surface area contributed by atoms with E-state index in [0.717, 1.165) is 50.0 Å². The summed E-state index contributed by atoms with van der Waals surface area (Å²) in [7, 11) is 5.61. The van der Waals surface area contributed by atoms with Crippen molar-refractivity contribution < 1.29 is 14.6 Å². The van der Waals surface area contributed by atoms with Crippen molar-refractivity contribution in [2.75, 3.05) is 19.4 Å². The van der Waals surface area contributed by atoms with Crippen molar-refractivity contribution in [1.82, 2.24) is 19.4 Å². The summed E-state index contributed by atoms with van der Waals surface area (Å²) in [5, 5.41) is 25.1. The zero-order valence-corrected chi connectivity index (χ0v) is 29.7. The fraction of sp³-hybridized carbons (Fsp3) is 0.286. The van der Waals surface area contributed by atoms with Crippen molar-refractivity contribution in [2.24, 2.45) is 19.2 Å². The second-order valence-corrected chi connectivity index (χ2v) is 14.3. The summed E-state index contributed by atoms with van der Waals surface area (Å²) in [4.78, 5) is 13.7. The number of fused-ring (bicyclic) bond motifs is 6. The van der Waals surface area contributed by atoms with E-state index in [2.05, 4.69) is 35.4 Å². The number of nitrogens with zero attached hydrogens (tertiary/aromatic N) is 5. The Labute approximate surface area is 292 Å². The van der Waals surface area contributed by atoms with E-state index >= 15 is 0 Å². The van der Waals surface area contributed by atoms with Gasteiger partial charge in [0.25, 0.3) is 0 Å². The van der Waals surface area contributed by atoms with Gasteiger partial charge in [0.1, 0.15) is 11.4 Å². The number of ether oxygens (including phenoxy) is 1. The number of allylic oxidation sites excluding steroid dienone is 1. The second-order valence-electron chi connectivity index (χ2n) is 11.4. The van der Waals surface area contributed by atoms with Crippen LogP contribution in [0.25, 0.3) is 27.8 Å². The molecular weight excluding hydrogens is 673 g/mol. The zero-order chi connectivity index (χ0) is 33.2. The number of aryl methyl sites for hydroxylation is 3. The third-order valence-corrected chi connectivity index (χ3v) is 10.8. The Morgan fingerprint density at radius 3 is 2.66 bits per heavy atom. The highest BCUT2D eigenvalue weighted by atomic mass is 35.5. The normalized spacial score (nSPS) is 16.9. The number of aromatic nitrogens is 3. The van der Waals surface area contributed by atoms with Crippen LogP contribution in [0.1, 0.15) is 46.3 Å². The predicted molar refractivity (Wildman–Crippen MR) is 196 cm³/mol. The molecule has 0 radical (unpaired) electrons. The molecule has 1 aliphatic rings. The summed E-state index contributed by atoms with van der Waals surface area (Å²) >= 11 is 17.1. The molecule has 12 heteroatoms. The molecule has 0 atom stereocenters. The first kappa shape index (κ1) is 33.3. The molecule has 0 aliphatic carbocycles. The summed E-state index contributed by atoms with van der Waals surface area (Å²) in [5.41, 5.74) is 5.22. The van der Waals surface area contributed by atoms with Crippen LogP contribution in [0.15, 0.2) is 64.2 Å². The third-order valence-electron chi connectivity index (χ3n) is 8.30. The van der Waals surface area contributed by atoms with Gasteiger partial charge in [0.05, 0.1) is 27.9 Å². The van der Waals surface area contributed by atoms with Crippen molar-refractivity contribution >= 4 is 86.7 Å². The Hall–Kier alpha value is -3.57. The molecule has 3 heterocycles. The lowest BCUT2D eigenvalue weighted by Gasteiger charge is -2.15. The number of hydrogen-bond donors (Lipinski definition) is 1. The van der Waals surface area contributed by atoms with Gasteiger partial charge < -0.3 is 14.4 Å². The van der Waals surface area contributed by atoms with Gasteiger partial charge in [0.2, 0.25) is 0 Å². The Balaban J connectivity index is 1.41. The number of halogens is 2. The van der Waals surface area contributed by atoms with Crippen LogP contribution in [0, 0.1) is 0 Å². The quantitative estimate of drug-likeness (QED) is 0.186. The van der Waals surface area contributed by atoms with Crippen LogP contribution in [-0.4, -0.2) is 56.1 Å². The van der Waals surface area contributed by atoms with Crippen LogP contribution in [0.2, 0.25) is 10.0 Å². The number of benzene rings is 3. The molecule has 0 spiro atoms. The van der Waals surface area contributed by atoms with Gasteiger partial charge in [-0.05, 0) is 61.1 Å². The average molecular weight is 709 g/mol. The van der Waals surface area contributed by atoms with Crippen LogP contribution in [0.4, 0.5) is 0 Å². The summed E-state index contributed by atoms with van der Waals surface area (Å²) in [5.74, 6) is 2.04. The number of hydrazone groups is 1. The first-order chi connectivity index (χ1) is 22.6. The Bertz CT molecular complexity index is 2050. The van der Waals surface area contributed by atoms with E-state index in [1.807, 2.05) is 50.1 Å². The van der Waals surface area contributed by atoms with E-state index in [1.54, 1.807) is 46.2 Å². The molecule has 0 unspecified atom stereocenters. The number of carboxylic acid groups (broad SMARTS) is 1. The number of rotatable bonds is 1. The SMILES string of the molecule is C/C1=C\c2c(Cl)cc(Cl)c3c(c(C(=O)O)n(C)c23)CCCOc2cc(cc3ccccc23)SCc2cc(nn2C)CSC/C=N/N1C. The summed E-state index contributed by atoms with van der Waals surface area (Å²) in [6.07, 6.45) is 4.84. The molecule has 6 rings (SSSR count). The molecular formula is C35H35Cl2N5O3S2. The second kappa shape index (κ2) is 14.3. The molecule has 3 aromatic carbocycles. The maximum absolute atomic E-state index is 12.6. The van der Waals surface area contributed by atoms with Gasteiger partial charge in [0, 0.05) is 77.2 Å². The smallest absolute Gasteiger partial charge is 0.352 e. The van der Waals surface area contributed by atoms with Crippen LogP contribution < -0.4 is 4.74 Å². The number of thioether (sulfide) groups is 2. The van der Waals surface area contributed by atoms with Gasteiger partial charge in [-0.15, -0.1) is 23.5 Å². The lowest BCUT2D eigenvalue weighted by Crippen LogP contribution is -2.09. The number of hydrogen-bond acceptors (Lipinski definition) is 7. The molecule has 2 aromatic heterocycles. The molecule has 0 amide bonds. The average Bonchev–Trinajstić information content (AvgIpc) is 3.55. The standard InChI is InChI=1S/C35H35Cl2N5O3S2/c1-21-14-28-29(36)18-30(37)32-27(34(35(43)44)40(2)33(28)32)10-7-12-45-31-17-25(15-22-8-5-6-9-26(22)31)47-20-24-16-23(39-42(24)4)19-46-13-11-38-41(21)3/h5-6,8-9,11,14-18H,7,10,12-13,19-20H2,1-4H3,(H,43,44)/b21-14+,38-11+. The monoisotopic (exact) mass is 707 g/mol. The van der Waals surface area contributed by atoms with Gasteiger partial charge in [0.15, 0.2) is 0 Å². The first-order valence-electron chi connectivity index (χ1n) is 15.2. The van der Waals surface area contributed by atoms with Crippen LogP contribution >= 0.6 is 46.7 Å². The third kappa shape index (κ3) is 7.02. The van der Waals surface area contributed by atoms with E-state index < -0.39 is 5.97 Å². The molecule has 244 valence electrons. The zero-order valence-electron chi connectivity index (χ0n) is 26.6. The minimum atomic E-state index is -1.02. The molecule has 47 heavy (non-hydrogen) atoms. The van der Waals surface area contributed by atoms with Gasteiger partial charge >= 0.3 is 5.97 Å². The van der Waals surface area contributed by atoms with Gasteiger partial charge in [-0.1, -0.05) is 47.5 Å². The minimum Gasteiger partial charge on any atom is -0.493 e. The molecule has 1 aliphatic heterocycles. The summed E-state index contributed by atoms with van der Waals surface area (Å²) < 4.78 is 10.1. The number of carbonyl (C=O) groups is 1. The first-order valence-corrected chi connectivity index (χ1v) is 18.1. The lowest BCUT2D eigenvalue weighted by atomic mass is 10.0. The Kier molecular flexibility index (Phi) is 10.1. The van der Waals surface area contributed by atoms with E-state index in [0.29, 0.717) is 57.3 Å². The molecule has 8 bridgehead atoms. The van der Waals surface area contributed by atoms with Crippen molar-refractivity contribution in [3.63, 3.8) is 0 Å². The van der Waals surface area contributed by atoms with Gasteiger partial charge in [-0.25, -0.2) is 4.79 Å². The number of carboxylic acids is 1. The van der Waals surface area contributed by atoms with Crippen molar-refractivity contribution in [2.45, 2.75) is 36.2 Å². The Morgan fingerprint density at radius 2 is 1.85 bits per heavy atom. The highest BCUT2D eigenvalue weighted by Gasteiger charge is 2.25.